The molecular weight excluding hydrogens is 1010 g/mol. The summed E-state index contributed by atoms with van der Waals surface area (Å²) in [7, 11) is 0. The summed E-state index contributed by atoms with van der Waals surface area (Å²) in [6, 6.07) is -0.922. The number of carbonyl (C=O) groups excluding carboxylic acids is 1. The van der Waals surface area contributed by atoms with Crippen LogP contribution < -0.4 is 5.32 Å². The van der Waals surface area contributed by atoms with Crippen molar-refractivity contribution in [2.24, 2.45) is 0 Å². The summed E-state index contributed by atoms with van der Waals surface area (Å²) >= 11 is 0. The second kappa shape index (κ2) is 50.2. The van der Waals surface area contributed by atoms with Crippen LogP contribution in [-0.2, 0) is 23.7 Å². The van der Waals surface area contributed by atoms with E-state index in [9.17, 15) is 45.6 Å². The van der Waals surface area contributed by atoms with Gasteiger partial charge in [0.1, 0.15) is 48.8 Å². The highest BCUT2D eigenvalue weighted by atomic mass is 16.7. The van der Waals surface area contributed by atoms with Crippen LogP contribution in [0, 0.1) is 0 Å². The van der Waals surface area contributed by atoms with E-state index < -0.39 is 86.8 Å². The van der Waals surface area contributed by atoms with Gasteiger partial charge in [-0.05, 0) is 83.5 Å². The van der Waals surface area contributed by atoms with Gasteiger partial charge in [0.25, 0.3) is 0 Å². The van der Waals surface area contributed by atoms with Crippen molar-refractivity contribution in [2.75, 3.05) is 19.8 Å². The van der Waals surface area contributed by atoms with Crippen molar-refractivity contribution in [1.82, 2.24) is 5.32 Å². The number of aliphatic hydroxyl groups excluding tert-OH is 8. The van der Waals surface area contributed by atoms with Gasteiger partial charge in [-0.1, -0.05) is 226 Å². The highest BCUT2D eigenvalue weighted by Gasteiger charge is 2.51. The highest BCUT2D eigenvalue weighted by Crippen LogP contribution is 2.30. The van der Waals surface area contributed by atoms with Gasteiger partial charge in [0.2, 0.25) is 5.91 Å². The zero-order valence-corrected chi connectivity index (χ0v) is 49.3. The number of ether oxygens (including phenoxy) is 4. The number of nitrogens with one attached hydrogen (secondary N) is 1. The first-order valence-electron chi connectivity index (χ1n) is 31.1. The third kappa shape index (κ3) is 34.9. The molecule has 0 radical (unpaired) electrons. The number of aliphatic hydroxyl groups is 8. The predicted octanol–water partition coefficient (Wildman–Crippen LogP) is 11.2. The maximum Gasteiger partial charge on any atom is 0.220 e. The first-order chi connectivity index (χ1) is 39.1. The largest absolute Gasteiger partial charge is 0.394 e. The minimum atomic E-state index is -1.79. The Balaban J connectivity index is 1.64. The molecule has 80 heavy (non-hydrogen) atoms. The van der Waals surface area contributed by atoms with Crippen LogP contribution in [0.25, 0.3) is 0 Å². The van der Waals surface area contributed by atoms with E-state index in [0.717, 1.165) is 96.3 Å². The van der Waals surface area contributed by atoms with E-state index in [4.69, 9.17) is 18.9 Å². The lowest BCUT2D eigenvalue weighted by Crippen LogP contribution is -2.65. The Labute approximate surface area is 483 Å². The van der Waals surface area contributed by atoms with Gasteiger partial charge in [-0.25, -0.2) is 0 Å². The zero-order valence-electron chi connectivity index (χ0n) is 49.3. The number of amides is 1. The van der Waals surface area contributed by atoms with E-state index in [-0.39, 0.29) is 18.9 Å². The minimum Gasteiger partial charge on any atom is -0.394 e. The molecule has 14 nitrogen and oxygen atoms in total. The Bertz CT molecular complexity index is 1760. The van der Waals surface area contributed by atoms with Crippen molar-refractivity contribution < 1.29 is 64.6 Å². The van der Waals surface area contributed by atoms with Crippen LogP contribution in [0.2, 0.25) is 0 Å². The van der Waals surface area contributed by atoms with E-state index >= 15 is 0 Å². The van der Waals surface area contributed by atoms with Crippen molar-refractivity contribution >= 4 is 5.91 Å². The lowest BCUT2D eigenvalue weighted by molar-refractivity contribution is -0.359. The normalized spacial score (nSPS) is 25.0. The highest BCUT2D eigenvalue weighted by molar-refractivity contribution is 5.76. The molecule has 1 amide bonds. The summed E-state index contributed by atoms with van der Waals surface area (Å²) in [6.45, 7) is 2.64. The molecule has 0 bridgehead atoms. The summed E-state index contributed by atoms with van der Waals surface area (Å²) < 4.78 is 22.7. The second-order valence-corrected chi connectivity index (χ2v) is 21.5. The topological polar surface area (TPSA) is 228 Å². The summed E-state index contributed by atoms with van der Waals surface area (Å²) in [5.74, 6) is -0.250. The predicted molar refractivity (Wildman–Crippen MR) is 322 cm³/mol. The fourth-order valence-electron chi connectivity index (χ4n) is 9.48. The van der Waals surface area contributed by atoms with E-state index in [0.29, 0.717) is 6.42 Å². The quantitative estimate of drug-likeness (QED) is 0.0204. The van der Waals surface area contributed by atoms with Gasteiger partial charge in [-0.3, -0.25) is 4.79 Å². The molecule has 0 aromatic rings. The maximum absolute atomic E-state index is 13.2. The molecule has 458 valence electrons. The van der Waals surface area contributed by atoms with Gasteiger partial charge in [-0.2, -0.15) is 0 Å². The van der Waals surface area contributed by atoms with Crippen LogP contribution in [0.1, 0.15) is 206 Å². The molecule has 2 aliphatic heterocycles. The SMILES string of the molecule is CC/C=C\C/C=C\C/C=C\C/C=C\C/C=C\C/C=C\C/C=C\C/C=C\CCCCCCCCCCCCC(=O)NC(COC1OC(CO)C(OC2OC(CO)C(O)C(O)C2O)C(O)C1O)C(O)/C=C/CCCCCCCCCCC. The third-order valence-corrected chi connectivity index (χ3v) is 14.5. The number of unbranched alkanes of at least 4 members (excludes halogenated alkanes) is 19. The Morgan fingerprint density at radius 1 is 0.463 bits per heavy atom. The number of hydrogen-bond donors (Lipinski definition) is 9. The number of hydrogen-bond acceptors (Lipinski definition) is 13. The van der Waals surface area contributed by atoms with Crippen molar-refractivity contribution in [3.8, 4) is 0 Å². The minimum absolute atomic E-state index is 0.250. The summed E-state index contributed by atoms with van der Waals surface area (Å²) in [5.41, 5.74) is 0. The van der Waals surface area contributed by atoms with Crippen molar-refractivity contribution in [3.63, 3.8) is 0 Å². The van der Waals surface area contributed by atoms with Crippen LogP contribution in [0.15, 0.2) is 109 Å². The van der Waals surface area contributed by atoms with Gasteiger partial charge in [0.05, 0.1) is 32.0 Å². The molecule has 0 aromatic carbocycles. The smallest absolute Gasteiger partial charge is 0.220 e. The van der Waals surface area contributed by atoms with E-state index in [1.165, 1.54) is 83.5 Å². The molecule has 2 heterocycles. The van der Waals surface area contributed by atoms with E-state index in [1.807, 2.05) is 6.08 Å². The molecule has 0 aromatic heterocycles. The average Bonchev–Trinajstić information content (AvgIpc) is 3.46. The molecule has 9 N–H and O–H groups in total. The molecule has 2 fully saturated rings. The number of allylic oxidation sites excluding steroid dienone is 17. The molecule has 0 aliphatic carbocycles. The second-order valence-electron chi connectivity index (χ2n) is 21.5. The van der Waals surface area contributed by atoms with Crippen LogP contribution in [0.4, 0.5) is 0 Å². The lowest BCUT2D eigenvalue weighted by Gasteiger charge is -2.46. The van der Waals surface area contributed by atoms with Gasteiger partial charge in [0.15, 0.2) is 12.6 Å². The van der Waals surface area contributed by atoms with Crippen LogP contribution in [-0.4, -0.2) is 140 Å². The van der Waals surface area contributed by atoms with Crippen molar-refractivity contribution in [2.45, 2.75) is 280 Å². The fourth-order valence-corrected chi connectivity index (χ4v) is 9.48. The zero-order chi connectivity index (χ0) is 58.1. The standard InChI is InChI=1S/C66H111NO13/c1-3-5-7-9-11-13-15-16-17-18-19-20-21-22-23-24-25-26-27-28-29-30-31-32-33-34-35-36-37-38-40-42-44-46-48-50-58(71)67-54(55(70)49-47-45-43-41-39-14-12-10-8-6-4-2)53-77-65-63(76)61(74)64(57(52-69)79-65)80-66-62(75)60(73)59(72)56(51-68)78-66/h5,7,11,13,16-17,19-20,22-23,25-26,28-29,31-32,47,49,54-57,59-66,68-70,72-76H,3-4,6,8-10,12,14-15,18,21,24,27,30,33-46,48,50-53H2,1-2H3,(H,67,71)/b7-5-,13-11-,17-16-,20-19-,23-22-,26-25-,29-28-,32-31-,49-47+. The number of carbonyl (C=O) groups is 1. The first kappa shape index (κ1) is 72.8. The van der Waals surface area contributed by atoms with Crippen molar-refractivity contribution in [3.05, 3.63) is 109 Å². The van der Waals surface area contributed by atoms with E-state index in [1.54, 1.807) is 6.08 Å². The third-order valence-electron chi connectivity index (χ3n) is 14.5. The molecule has 2 rings (SSSR count). The Morgan fingerprint density at radius 3 is 1.32 bits per heavy atom. The van der Waals surface area contributed by atoms with E-state index in [2.05, 4.69) is 116 Å². The lowest BCUT2D eigenvalue weighted by atomic mass is 9.97. The van der Waals surface area contributed by atoms with Crippen LogP contribution >= 0.6 is 0 Å². The molecule has 14 heteroatoms. The summed E-state index contributed by atoms with van der Waals surface area (Å²) in [4.78, 5) is 13.2. The van der Waals surface area contributed by atoms with Gasteiger partial charge < -0.3 is 65.1 Å². The monoisotopic (exact) mass is 1130 g/mol. The maximum atomic E-state index is 13.2. The van der Waals surface area contributed by atoms with Gasteiger partial charge in [-0.15, -0.1) is 0 Å². The van der Waals surface area contributed by atoms with Gasteiger partial charge in [0, 0.05) is 6.42 Å². The van der Waals surface area contributed by atoms with Gasteiger partial charge >= 0.3 is 0 Å². The first-order valence-corrected chi connectivity index (χ1v) is 31.1. The van der Waals surface area contributed by atoms with Crippen LogP contribution in [0.3, 0.4) is 0 Å². The number of rotatable bonds is 48. The van der Waals surface area contributed by atoms with Crippen molar-refractivity contribution in [1.29, 1.82) is 0 Å². The Morgan fingerprint density at radius 2 is 0.863 bits per heavy atom. The summed E-state index contributed by atoms with van der Waals surface area (Å²) in [5, 5.41) is 87.0. The molecular formula is C66H111NO13. The molecule has 2 saturated heterocycles. The Kier molecular flexibility index (Phi) is 45.6. The molecule has 12 atom stereocenters. The molecule has 0 saturated carbocycles. The summed E-state index contributed by atoms with van der Waals surface area (Å²) in [6.07, 6.45) is 54.3. The molecule has 12 unspecified atom stereocenters. The molecule has 0 spiro atoms. The van der Waals surface area contributed by atoms with Crippen LogP contribution in [0.5, 0.6) is 0 Å². The average molecular weight is 1130 g/mol. The Hall–Kier alpha value is -3.35. The fraction of sp³-hybridized carbons (Fsp3) is 0.712. The molecule has 2 aliphatic rings.